The molecule has 0 saturated carbocycles. The van der Waals surface area contributed by atoms with Crippen LogP contribution in [0.15, 0.2) is 54.7 Å². The molecule has 2 saturated heterocycles. The molecule has 3 heterocycles. The Hall–Kier alpha value is -2.89. The van der Waals surface area contributed by atoms with Crippen molar-refractivity contribution in [2.24, 2.45) is 0 Å². The first-order valence-electron chi connectivity index (χ1n) is 10.0. The van der Waals surface area contributed by atoms with Gasteiger partial charge in [0, 0.05) is 31.9 Å². The quantitative estimate of drug-likeness (QED) is 0.864. The molecule has 2 fully saturated rings. The smallest absolute Gasteiger partial charge is 0.243 e. The van der Waals surface area contributed by atoms with Crippen LogP contribution >= 0.6 is 0 Å². The van der Waals surface area contributed by atoms with Crippen molar-refractivity contribution in [2.45, 2.75) is 37.8 Å². The molecule has 6 heteroatoms. The minimum atomic E-state index is -0.347. The van der Waals surface area contributed by atoms with Gasteiger partial charge in [0.25, 0.3) is 0 Å². The van der Waals surface area contributed by atoms with E-state index in [1.165, 1.54) is 0 Å². The van der Waals surface area contributed by atoms with Crippen LogP contribution in [0.25, 0.3) is 0 Å². The number of amides is 2. The van der Waals surface area contributed by atoms with E-state index in [1.807, 2.05) is 48.5 Å². The van der Waals surface area contributed by atoms with E-state index < -0.39 is 0 Å². The minimum Gasteiger partial charge on any atom is -0.354 e. The highest BCUT2D eigenvalue weighted by Crippen LogP contribution is 2.21. The lowest BCUT2D eigenvalue weighted by Gasteiger charge is -2.25. The zero-order chi connectivity index (χ0) is 19.3. The molecule has 0 aliphatic carbocycles. The molecule has 0 bridgehead atoms. The molecule has 4 rings (SSSR count). The lowest BCUT2D eigenvalue weighted by Crippen LogP contribution is -2.49. The number of rotatable bonds is 5. The van der Waals surface area contributed by atoms with E-state index in [1.54, 1.807) is 11.1 Å². The largest absolute Gasteiger partial charge is 0.354 e. The highest BCUT2D eigenvalue weighted by atomic mass is 16.2. The van der Waals surface area contributed by atoms with Crippen LogP contribution in [0.4, 0.5) is 5.82 Å². The van der Waals surface area contributed by atoms with Crippen LogP contribution in [-0.2, 0) is 16.0 Å². The number of hydrogen-bond donors (Lipinski definition) is 1. The maximum absolute atomic E-state index is 12.9. The summed E-state index contributed by atoms with van der Waals surface area (Å²) in [5.41, 5.74) is 0.986. The van der Waals surface area contributed by atoms with Gasteiger partial charge in [-0.3, -0.25) is 9.59 Å². The van der Waals surface area contributed by atoms with Gasteiger partial charge in [-0.1, -0.05) is 36.4 Å². The average Bonchev–Trinajstić information content (AvgIpc) is 3.39. The fourth-order valence-electron chi connectivity index (χ4n) is 4.13. The fourth-order valence-corrected chi connectivity index (χ4v) is 4.13. The third kappa shape index (κ3) is 4.16. The summed E-state index contributed by atoms with van der Waals surface area (Å²) in [7, 11) is 0. The average molecular weight is 378 g/mol. The van der Waals surface area contributed by atoms with Gasteiger partial charge in [-0.15, -0.1) is 0 Å². The summed E-state index contributed by atoms with van der Waals surface area (Å²) in [6, 6.07) is 15.3. The van der Waals surface area contributed by atoms with E-state index in [0.29, 0.717) is 13.0 Å². The summed E-state index contributed by atoms with van der Waals surface area (Å²) in [5, 5.41) is 3.17. The molecule has 2 aliphatic heterocycles. The molecule has 2 aliphatic rings. The van der Waals surface area contributed by atoms with Crippen molar-refractivity contribution < 1.29 is 9.59 Å². The third-order valence-electron chi connectivity index (χ3n) is 5.58. The van der Waals surface area contributed by atoms with Crippen LogP contribution in [-0.4, -0.2) is 53.4 Å². The number of nitrogens with one attached hydrogen (secondary N) is 1. The molecule has 146 valence electrons. The standard InChI is InChI=1S/C22H26N4O2/c27-21(15-17-7-2-1-3-8-17)26-13-6-9-19(26)22(28)24-18-11-14-25(16-18)20-10-4-5-12-23-20/h1-5,7-8,10,12,18-19H,6,9,11,13-16H2,(H,24,28). The predicted molar refractivity (Wildman–Crippen MR) is 108 cm³/mol. The highest BCUT2D eigenvalue weighted by molar-refractivity contribution is 5.89. The Morgan fingerprint density at radius 1 is 1.04 bits per heavy atom. The lowest BCUT2D eigenvalue weighted by atomic mass is 10.1. The van der Waals surface area contributed by atoms with Crippen molar-refractivity contribution in [2.75, 3.05) is 24.5 Å². The molecule has 6 nitrogen and oxygen atoms in total. The fraction of sp³-hybridized carbons (Fsp3) is 0.409. The second-order valence-corrected chi connectivity index (χ2v) is 7.54. The first-order chi connectivity index (χ1) is 13.7. The lowest BCUT2D eigenvalue weighted by molar-refractivity contribution is -0.138. The molecule has 1 aromatic carbocycles. The third-order valence-corrected chi connectivity index (χ3v) is 5.58. The first-order valence-corrected chi connectivity index (χ1v) is 10.0. The Kier molecular flexibility index (Phi) is 5.55. The molecule has 2 amide bonds. The summed E-state index contributed by atoms with van der Waals surface area (Å²) in [4.78, 5) is 33.9. The SMILES string of the molecule is O=C(NC1CCN(c2ccccn2)C1)C1CCCN1C(=O)Cc1ccccc1. The monoisotopic (exact) mass is 378 g/mol. The predicted octanol–water partition coefficient (Wildman–Crippen LogP) is 2.01. The topological polar surface area (TPSA) is 65.5 Å². The van der Waals surface area contributed by atoms with Crippen LogP contribution in [0.2, 0.25) is 0 Å². The van der Waals surface area contributed by atoms with Crippen molar-refractivity contribution in [1.82, 2.24) is 15.2 Å². The van der Waals surface area contributed by atoms with Crippen LogP contribution in [0, 0.1) is 0 Å². The number of aromatic nitrogens is 1. The van der Waals surface area contributed by atoms with E-state index in [9.17, 15) is 9.59 Å². The van der Waals surface area contributed by atoms with Gasteiger partial charge in [0.2, 0.25) is 11.8 Å². The van der Waals surface area contributed by atoms with Crippen molar-refractivity contribution in [3.05, 3.63) is 60.3 Å². The Balaban J connectivity index is 1.33. The van der Waals surface area contributed by atoms with E-state index in [4.69, 9.17) is 0 Å². The number of carbonyl (C=O) groups is 2. The zero-order valence-corrected chi connectivity index (χ0v) is 16.0. The Labute approximate surface area is 165 Å². The molecule has 1 aromatic heterocycles. The summed E-state index contributed by atoms with van der Waals surface area (Å²) >= 11 is 0. The van der Waals surface area contributed by atoms with Gasteiger partial charge < -0.3 is 15.1 Å². The van der Waals surface area contributed by atoms with E-state index >= 15 is 0 Å². The Morgan fingerprint density at radius 3 is 2.64 bits per heavy atom. The number of carbonyl (C=O) groups excluding carboxylic acids is 2. The highest BCUT2D eigenvalue weighted by Gasteiger charge is 2.35. The number of benzene rings is 1. The van der Waals surface area contributed by atoms with Crippen LogP contribution in [0.3, 0.4) is 0 Å². The van der Waals surface area contributed by atoms with Crippen LogP contribution < -0.4 is 10.2 Å². The van der Waals surface area contributed by atoms with Gasteiger partial charge in [0.05, 0.1) is 6.42 Å². The van der Waals surface area contributed by atoms with Gasteiger partial charge >= 0.3 is 0 Å². The van der Waals surface area contributed by atoms with Gasteiger partial charge in [-0.25, -0.2) is 4.98 Å². The van der Waals surface area contributed by atoms with Crippen LogP contribution in [0.5, 0.6) is 0 Å². The maximum Gasteiger partial charge on any atom is 0.243 e. The number of nitrogens with zero attached hydrogens (tertiary/aromatic N) is 3. The summed E-state index contributed by atoms with van der Waals surface area (Å²) in [6.45, 7) is 2.30. The van der Waals surface area contributed by atoms with Gasteiger partial charge in [-0.2, -0.15) is 0 Å². The van der Waals surface area contributed by atoms with Crippen molar-refractivity contribution in [3.63, 3.8) is 0 Å². The normalized spacial score (nSPS) is 21.7. The Bertz CT molecular complexity index is 812. The molecule has 2 aromatic rings. The number of hydrogen-bond acceptors (Lipinski definition) is 4. The van der Waals surface area contributed by atoms with E-state index in [2.05, 4.69) is 15.2 Å². The molecule has 0 spiro atoms. The molecule has 1 N–H and O–H groups in total. The number of anilines is 1. The van der Waals surface area contributed by atoms with Gasteiger partial charge in [0.1, 0.15) is 11.9 Å². The van der Waals surface area contributed by atoms with Gasteiger partial charge in [-0.05, 0) is 37.0 Å². The van der Waals surface area contributed by atoms with Crippen molar-refractivity contribution in [1.29, 1.82) is 0 Å². The number of likely N-dealkylation sites (tertiary alicyclic amines) is 1. The molecule has 28 heavy (non-hydrogen) atoms. The summed E-state index contributed by atoms with van der Waals surface area (Å²) in [5.74, 6) is 0.956. The second kappa shape index (κ2) is 8.42. The zero-order valence-electron chi connectivity index (χ0n) is 16.0. The van der Waals surface area contributed by atoms with E-state index in [0.717, 1.165) is 43.7 Å². The first kappa shape index (κ1) is 18.5. The van der Waals surface area contributed by atoms with Crippen molar-refractivity contribution >= 4 is 17.6 Å². The van der Waals surface area contributed by atoms with Crippen molar-refractivity contribution in [3.8, 4) is 0 Å². The summed E-state index contributed by atoms with van der Waals surface area (Å²) in [6.07, 6.45) is 4.65. The van der Waals surface area contributed by atoms with E-state index in [-0.39, 0.29) is 23.9 Å². The molecular weight excluding hydrogens is 352 g/mol. The molecule has 2 unspecified atom stereocenters. The molecule has 0 radical (unpaired) electrons. The maximum atomic E-state index is 12.9. The molecule has 2 atom stereocenters. The number of pyridine rings is 1. The summed E-state index contributed by atoms with van der Waals surface area (Å²) < 4.78 is 0. The Morgan fingerprint density at radius 2 is 1.86 bits per heavy atom. The van der Waals surface area contributed by atoms with Crippen LogP contribution in [0.1, 0.15) is 24.8 Å². The van der Waals surface area contributed by atoms with Gasteiger partial charge in [0.15, 0.2) is 0 Å². The second-order valence-electron chi connectivity index (χ2n) is 7.54. The molecular formula is C22H26N4O2. The minimum absolute atomic E-state index is 0.0215.